The Hall–Kier alpha value is -7.78. The number of benzene rings is 11. The Morgan fingerprint density at radius 3 is 1.71 bits per heavy atom. The molecule has 0 radical (unpaired) electrons. The van der Waals surface area contributed by atoms with Crippen LogP contribution in [0.2, 0.25) is 0 Å². The molecule has 0 unspecified atom stereocenters. The van der Waals surface area contributed by atoms with Crippen LogP contribution in [-0.2, 0) is 0 Å². The molecule has 0 aliphatic rings. The summed E-state index contributed by atoms with van der Waals surface area (Å²) in [5.74, 6) is 0. The van der Waals surface area contributed by atoms with Crippen molar-refractivity contribution in [2.45, 2.75) is 0 Å². The number of anilines is 3. The number of hydrogen-bond acceptors (Lipinski definition) is 2. The Bertz CT molecular complexity index is 3640. The van der Waals surface area contributed by atoms with E-state index in [0.29, 0.717) is 0 Å². The van der Waals surface area contributed by atoms with E-state index >= 15 is 0 Å². The molecule has 0 spiro atoms. The van der Waals surface area contributed by atoms with Gasteiger partial charge in [-0.2, -0.15) is 0 Å². The summed E-state index contributed by atoms with van der Waals surface area (Å²) in [6, 6.07) is 86.9. The minimum atomic E-state index is 1.10. The fourth-order valence-electron chi connectivity index (χ4n) is 9.41. The van der Waals surface area contributed by atoms with Crippen LogP contribution in [0.4, 0.5) is 17.1 Å². The molecule has 0 amide bonds. The molecule has 62 heavy (non-hydrogen) atoms. The summed E-state index contributed by atoms with van der Waals surface area (Å²) in [5.41, 5.74) is 12.9. The topological polar surface area (TPSA) is 3.24 Å². The third-order valence-electron chi connectivity index (χ3n) is 12.4. The van der Waals surface area contributed by atoms with Crippen molar-refractivity contribution in [3.63, 3.8) is 0 Å². The molecule has 0 N–H and O–H groups in total. The lowest BCUT2D eigenvalue weighted by Gasteiger charge is -2.29. The molecule has 1 nitrogen and oxygen atoms in total. The molecular formula is C60H39NS. The maximum Gasteiger partial charge on any atom is 0.0640 e. The average molecular weight is 806 g/mol. The van der Waals surface area contributed by atoms with E-state index in [4.69, 9.17) is 0 Å². The third kappa shape index (κ3) is 6.24. The van der Waals surface area contributed by atoms with Gasteiger partial charge in [0.1, 0.15) is 0 Å². The number of thiophene rings is 1. The lowest BCUT2D eigenvalue weighted by molar-refractivity contribution is 1.30. The molecule has 0 aliphatic carbocycles. The van der Waals surface area contributed by atoms with Gasteiger partial charge in [-0.25, -0.2) is 0 Å². The molecule has 0 bridgehead atoms. The molecule has 2 heteroatoms. The first-order valence-electron chi connectivity index (χ1n) is 21.2. The van der Waals surface area contributed by atoms with Gasteiger partial charge in [-0.05, 0) is 120 Å². The van der Waals surface area contributed by atoms with Gasteiger partial charge in [-0.3, -0.25) is 0 Å². The summed E-state index contributed by atoms with van der Waals surface area (Å²) in [7, 11) is 0. The largest absolute Gasteiger partial charge is 0.308 e. The normalized spacial score (nSPS) is 11.5. The Kier molecular flexibility index (Phi) is 8.76. The fraction of sp³-hybridized carbons (Fsp3) is 0. The quantitative estimate of drug-likeness (QED) is 0.145. The third-order valence-corrected chi connectivity index (χ3v) is 13.6. The number of hydrogen-bond donors (Lipinski definition) is 0. The van der Waals surface area contributed by atoms with Gasteiger partial charge in [-0.1, -0.05) is 188 Å². The Morgan fingerprint density at radius 2 is 0.871 bits per heavy atom. The van der Waals surface area contributed by atoms with E-state index in [2.05, 4.69) is 241 Å². The lowest BCUT2D eigenvalue weighted by Crippen LogP contribution is -2.11. The summed E-state index contributed by atoms with van der Waals surface area (Å²) >= 11 is 1.87. The van der Waals surface area contributed by atoms with Crippen LogP contribution in [0.3, 0.4) is 0 Å². The predicted octanol–water partition coefficient (Wildman–Crippen LogP) is 17.7. The second-order valence-electron chi connectivity index (χ2n) is 16.1. The van der Waals surface area contributed by atoms with Gasteiger partial charge in [0.05, 0.1) is 16.1 Å². The molecule has 0 aliphatic heterocycles. The number of fused-ring (bicyclic) bond motifs is 7. The van der Waals surface area contributed by atoms with Gasteiger partial charge in [0.25, 0.3) is 0 Å². The molecule has 11 aromatic carbocycles. The summed E-state index contributed by atoms with van der Waals surface area (Å²) in [6.45, 7) is 0. The highest BCUT2D eigenvalue weighted by atomic mass is 32.1. The van der Waals surface area contributed by atoms with E-state index in [-0.39, 0.29) is 0 Å². The van der Waals surface area contributed by atoms with Gasteiger partial charge >= 0.3 is 0 Å². The standard InChI is InChI=1S/C60H39NS/c1-2-15-42(16-3-1)51-35-32-48(56-38-47-18-6-7-21-50(47)52-22-8-9-23-53(52)56)39-58(51)61(57-26-13-25-55-54-24-10-11-27-59(54)62-60(55)57)49-33-30-41(31-34-49)44-19-12-20-45(36-44)46-29-28-40-14-4-5-17-43(40)37-46/h1-39H. The molecule has 1 heterocycles. The predicted molar refractivity (Wildman–Crippen MR) is 268 cm³/mol. The maximum absolute atomic E-state index is 2.50. The van der Waals surface area contributed by atoms with E-state index < -0.39 is 0 Å². The summed E-state index contributed by atoms with van der Waals surface area (Å²) < 4.78 is 2.55. The van der Waals surface area contributed by atoms with Gasteiger partial charge in [0, 0.05) is 26.7 Å². The zero-order valence-electron chi connectivity index (χ0n) is 33.9. The van der Waals surface area contributed by atoms with E-state index in [1.54, 1.807) is 0 Å². The second-order valence-corrected chi connectivity index (χ2v) is 17.1. The minimum absolute atomic E-state index is 1.10. The van der Waals surface area contributed by atoms with Crippen LogP contribution >= 0.6 is 11.3 Å². The fourth-order valence-corrected chi connectivity index (χ4v) is 10.6. The van der Waals surface area contributed by atoms with Gasteiger partial charge in [-0.15, -0.1) is 11.3 Å². The van der Waals surface area contributed by atoms with Crippen molar-refractivity contribution < 1.29 is 0 Å². The van der Waals surface area contributed by atoms with E-state index in [9.17, 15) is 0 Å². The van der Waals surface area contributed by atoms with Gasteiger partial charge in [0.15, 0.2) is 0 Å². The number of nitrogens with zero attached hydrogens (tertiary/aromatic N) is 1. The Balaban J connectivity index is 1.06. The molecule has 12 aromatic rings. The molecule has 0 atom stereocenters. The average Bonchev–Trinajstić information content (AvgIpc) is 3.74. The molecule has 0 saturated carbocycles. The summed E-state index contributed by atoms with van der Waals surface area (Å²) in [6.07, 6.45) is 0. The molecule has 290 valence electrons. The summed E-state index contributed by atoms with van der Waals surface area (Å²) in [4.78, 5) is 2.50. The van der Waals surface area contributed by atoms with Crippen LogP contribution in [0.25, 0.3) is 97.0 Å². The zero-order valence-corrected chi connectivity index (χ0v) is 34.7. The van der Waals surface area contributed by atoms with Crippen LogP contribution in [-0.4, -0.2) is 0 Å². The Labute approximate surface area is 365 Å². The molecule has 0 fully saturated rings. The number of rotatable bonds is 7. The minimum Gasteiger partial charge on any atom is -0.308 e. The van der Waals surface area contributed by atoms with Crippen molar-refractivity contribution in [3.05, 3.63) is 237 Å². The molecule has 12 rings (SSSR count). The van der Waals surface area contributed by atoms with Crippen LogP contribution in [0.1, 0.15) is 0 Å². The van der Waals surface area contributed by atoms with Crippen molar-refractivity contribution in [3.8, 4) is 44.5 Å². The Morgan fingerprint density at radius 1 is 0.274 bits per heavy atom. The van der Waals surface area contributed by atoms with Crippen LogP contribution in [0, 0.1) is 0 Å². The van der Waals surface area contributed by atoms with Crippen LogP contribution in [0.5, 0.6) is 0 Å². The zero-order chi connectivity index (χ0) is 41.0. The summed E-state index contributed by atoms with van der Waals surface area (Å²) in [5, 5.41) is 10.1. The van der Waals surface area contributed by atoms with Gasteiger partial charge < -0.3 is 4.90 Å². The highest BCUT2D eigenvalue weighted by Crippen LogP contribution is 2.49. The molecule has 1 aromatic heterocycles. The SMILES string of the molecule is c1ccc(-c2ccc(-c3cc4ccccc4c4ccccc34)cc2N(c2ccc(-c3cccc(-c4ccc5ccccc5c4)c3)cc2)c2cccc3c2sc2ccccc23)cc1. The van der Waals surface area contributed by atoms with Crippen molar-refractivity contribution in [1.29, 1.82) is 0 Å². The highest BCUT2D eigenvalue weighted by molar-refractivity contribution is 7.26. The van der Waals surface area contributed by atoms with Crippen molar-refractivity contribution in [2.24, 2.45) is 0 Å². The maximum atomic E-state index is 2.50. The van der Waals surface area contributed by atoms with Crippen LogP contribution in [0.15, 0.2) is 237 Å². The first-order valence-corrected chi connectivity index (χ1v) is 22.1. The lowest BCUT2D eigenvalue weighted by atomic mass is 9.91. The van der Waals surface area contributed by atoms with E-state index in [0.717, 1.165) is 17.1 Å². The van der Waals surface area contributed by atoms with Crippen molar-refractivity contribution >= 4 is 80.9 Å². The highest BCUT2D eigenvalue weighted by Gasteiger charge is 2.23. The first kappa shape index (κ1) is 36.1. The smallest absolute Gasteiger partial charge is 0.0640 e. The van der Waals surface area contributed by atoms with E-state index in [1.165, 1.54) is 97.0 Å². The molecule has 0 saturated heterocycles. The van der Waals surface area contributed by atoms with E-state index in [1.807, 2.05) is 11.3 Å². The second kappa shape index (κ2) is 15.0. The first-order chi connectivity index (χ1) is 30.7. The van der Waals surface area contributed by atoms with Crippen molar-refractivity contribution in [2.75, 3.05) is 4.90 Å². The van der Waals surface area contributed by atoms with Crippen molar-refractivity contribution in [1.82, 2.24) is 0 Å². The van der Waals surface area contributed by atoms with Crippen LogP contribution < -0.4 is 4.90 Å². The molecular weight excluding hydrogens is 767 g/mol. The monoisotopic (exact) mass is 805 g/mol. The van der Waals surface area contributed by atoms with Gasteiger partial charge in [0.2, 0.25) is 0 Å².